The van der Waals surface area contributed by atoms with Crippen LogP contribution in [0.2, 0.25) is 0 Å². The molecule has 1 heterocycles. The number of thiazole rings is 1. The monoisotopic (exact) mass is 365 g/mol. The number of amides is 1. The van der Waals surface area contributed by atoms with E-state index in [0.29, 0.717) is 13.0 Å². The van der Waals surface area contributed by atoms with E-state index in [0.717, 1.165) is 33.1 Å². The fourth-order valence-corrected chi connectivity index (χ4v) is 3.30. The molecular weight excluding hydrogens is 342 g/mol. The van der Waals surface area contributed by atoms with Crippen LogP contribution in [0.25, 0.3) is 11.3 Å². The Hall–Kier alpha value is -2.66. The van der Waals surface area contributed by atoms with Gasteiger partial charge in [0.15, 0.2) is 0 Å². The first-order valence-electron chi connectivity index (χ1n) is 8.55. The molecule has 0 saturated heterocycles. The van der Waals surface area contributed by atoms with Crippen LogP contribution in [0.15, 0.2) is 53.9 Å². The molecule has 0 atom stereocenters. The van der Waals surface area contributed by atoms with Crippen LogP contribution >= 0.6 is 11.3 Å². The van der Waals surface area contributed by atoms with Gasteiger partial charge in [-0.3, -0.25) is 4.79 Å². The summed E-state index contributed by atoms with van der Waals surface area (Å²) in [5, 5.41) is 6.11. The number of hydrogen-bond donors (Lipinski definition) is 1. The molecule has 0 unspecified atom stereocenters. The maximum atomic E-state index is 12.2. The van der Waals surface area contributed by atoms with E-state index in [1.54, 1.807) is 11.3 Å². The lowest BCUT2D eigenvalue weighted by Crippen LogP contribution is -2.24. The summed E-state index contributed by atoms with van der Waals surface area (Å²) >= 11 is 1.64. The van der Waals surface area contributed by atoms with Crippen LogP contribution in [0.5, 0.6) is 0 Å². The molecule has 4 nitrogen and oxygen atoms in total. The van der Waals surface area contributed by atoms with E-state index in [9.17, 15) is 4.79 Å². The van der Waals surface area contributed by atoms with Crippen LogP contribution in [0, 0.1) is 6.92 Å². The highest BCUT2D eigenvalue weighted by atomic mass is 32.1. The molecule has 0 bridgehead atoms. The van der Waals surface area contributed by atoms with Gasteiger partial charge < -0.3 is 10.2 Å². The second-order valence-electron chi connectivity index (χ2n) is 6.47. The zero-order valence-corrected chi connectivity index (χ0v) is 16.1. The van der Waals surface area contributed by atoms with Gasteiger partial charge in [-0.25, -0.2) is 4.98 Å². The molecule has 0 saturated carbocycles. The van der Waals surface area contributed by atoms with Crippen LogP contribution < -0.4 is 10.2 Å². The number of carbonyl (C=O) groups is 1. The Bertz CT molecular complexity index is 884. The number of aryl methyl sites for hydroxylation is 1. The average Bonchev–Trinajstić information content (AvgIpc) is 3.07. The Balaban J connectivity index is 1.55. The van der Waals surface area contributed by atoms with E-state index in [1.807, 2.05) is 57.4 Å². The number of nitrogens with zero attached hydrogens (tertiary/aromatic N) is 2. The van der Waals surface area contributed by atoms with Crippen molar-refractivity contribution in [3.8, 4) is 11.3 Å². The first-order chi connectivity index (χ1) is 12.5. The van der Waals surface area contributed by atoms with Crippen LogP contribution in [-0.4, -0.2) is 25.0 Å². The van der Waals surface area contributed by atoms with Gasteiger partial charge in [0.1, 0.15) is 0 Å². The third kappa shape index (κ3) is 4.70. The zero-order valence-electron chi connectivity index (χ0n) is 15.3. The maximum absolute atomic E-state index is 12.2. The second-order valence-corrected chi connectivity index (χ2v) is 7.53. The number of benzene rings is 2. The number of rotatable bonds is 6. The summed E-state index contributed by atoms with van der Waals surface area (Å²) in [6.07, 6.45) is 0.379. The summed E-state index contributed by atoms with van der Waals surface area (Å²) in [5.74, 6) is 0.0255. The van der Waals surface area contributed by atoms with Gasteiger partial charge in [0.05, 0.1) is 17.1 Å². The summed E-state index contributed by atoms with van der Waals surface area (Å²) in [7, 11) is 4.02. The highest BCUT2D eigenvalue weighted by molar-refractivity contribution is 7.09. The molecule has 1 N–H and O–H groups in total. The van der Waals surface area contributed by atoms with E-state index in [2.05, 4.69) is 32.7 Å². The molecule has 1 aromatic heterocycles. The predicted molar refractivity (Wildman–Crippen MR) is 109 cm³/mol. The lowest BCUT2D eigenvalue weighted by Gasteiger charge is -2.14. The first kappa shape index (κ1) is 18.1. The van der Waals surface area contributed by atoms with Crippen molar-refractivity contribution in [2.24, 2.45) is 0 Å². The van der Waals surface area contributed by atoms with Crippen LogP contribution in [0.4, 0.5) is 5.69 Å². The minimum absolute atomic E-state index is 0.0255. The quantitative estimate of drug-likeness (QED) is 0.717. The highest BCUT2D eigenvalue weighted by Gasteiger charge is 2.06. The van der Waals surface area contributed by atoms with E-state index >= 15 is 0 Å². The third-order valence-corrected chi connectivity index (χ3v) is 4.92. The average molecular weight is 366 g/mol. The van der Waals surface area contributed by atoms with E-state index in [4.69, 9.17) is 0 Å². The Morgan fingerprint density at radius 2 is 1.88 bits per heavy atom. The van der Waals surface area contributed by atoms with Crippen molar-refractivity contribution >= 4 is 22.9 Å². The van der Waals surface area contributed by atoms with Crippen molar-refractivity contribution < 1.29 is 4.79 Å². The normalized spacial score (nSPS) is 10.6. The number of anilines is 1. The minimum atomic E-state index is 0.0255. The van der Waals surface area contributed by atoms with Gasteiger partial charge >= 0.3 is 0 Å². The van der Waals surface area contributed by atoms with Crippen molar-refractivity contribution in [2.45, 2.75) is 19.9 Å². The van der Waals surface area contributed by atoms with E-state index < -0.39 is 0 Å². The number of nitrogens with one attached hydrogen (secondary N) is 1. The number of carbonyl (C=O) groups excluding carboxylic acids is 1. The topological polar surface area (TPSA) is 45.2 Å². The molecule has 0 fully saturated rings. The molecule has 26 heavy (non-hydrogen) atoms. The molecule has 0 aliphatic rings. The number of aromatic nitrogens is 1. The van der Waals surface area contributed by atoms with Crippen molar-refractivity contribution in [1.29, 1.82) is 0 Å². The molecule has 1 amide bonds. The van der Waals surface area contributed by atoms with Gasteiger partial charge in [-0.15, -0.1) is 11.3 Å². The summed E-state index contributed by atoms with van der Waals surface area (Å²) in [6, 6.07) is 16.2. The Kier molecular flexibility index (Phi) is 5.68. The highest BCUT2D eigenvalue weighted by Crippen LogP contribution is 2.22. The predicted octanol–water partition coefficient (Wildman–Crippen LogP) is 4.04. The van der Waals surface area contributed by atoms with Crippen molar-refractivity contribution in [2.75, 3.05) is 19.0 Å². The smallest absolute Gasteiger partial charge is 0.224 e. The SMILES string of the molecule is Cc1nc(-c2ccc(CC(=O)NCc3cccc(N(C)C)c3)cc2)cs1. The van der Waals surface area contributed by atoms with Gasteiger partial charge in [-0.05, 0) is 30.2 Å². The Labute approximate surface area is 158 Å². The minimum Gasteiger partial charge on any atom is -0.378 e. The molecule has 5 heteroatoms. The van der Waals surface area contributed by atoms with Gasteiger partial charge in [0.2, 0.25) is 5.91 Å². The third-order valence-electron chi connectivity index (χ3n) is 4.15. The molecule has 0 spiro atoms. The Morgan fingerprint density at radius 3 is 2.54 bits per heavy atom. The molecule has 3 rings (SSSR count). The van der Waals surface area contributed by atoms with E-state index in [-0.39, 0.29) is 5.91 Å². The lowest BCUT2D eigenvalue weighted by atomic mass is 10.1. The van der Waals surface area contributed by atoms with Gasteiger partial charge in [0, 0.05) is 37.3 Å². The zero-order chi connectivity index (χ0) is 18.5. The summed E-state index contributed by atoms with van der Waals surface area (Å²) in [5.41, 5.74) is 5.30. The molecule has 0 aliphatic carbocycles. The molecule has 2 aromatic carbocycles. The fourth-order valence-electron chi connectivity index (χ4n) is 2.68. The fraction of sp³-hybridized carbons (Fsp3) is 0.238. The maximum Gasteiger partial charge on any atom is 0.224 e. The summed E-state index contributed by atoms with van der Waals surface area (Å²) < 4.78 is 0. The molecule has 134 valence electrons. The number of hydrogen-bond acceptors (Lipinski definition) is 4. The molecule has 3 aromatic rings. The lowest BCUT2D eigenvalue weighted by molar-refractivity contribution is -0.120. The second kappa shape index (κ2) is 8.15. The van der Waals surface area contributed by atoms with Crippen LogP contribution in [0.3, 0.4) is 0 Å². The largest absolute Gasteiger partial charge is 0.378 e. The molecule has 0 radical (unpaired) electrons. The van der Waals surface area contributed by atoms with Crippen LogP contribution in [-0.2, 0) is 17.8 Å². The summed E-state index contributed by atoms with van der Waals surface area (Å²) in [6.45, 7) is 2.54. The van der Waals surface area contributed by atoms with Gasteiger partial charge in [-0.2, -0.15) is 0 Å². The Morgan fingerprint density at radius 1 is 1.12 bits per heavy atom. The van der Waals surface area contributed by atoms with Gasteiger partial charge in [-0.1, -0.05) is 36.4 Å². The molecule has 0 aliphatic heterocycles. The van der Waals surface area contributed by atoms with E-state index in [1.165, 1.54) is 0 Å². The molecular formula is C21H23N3OS. The van der Waals surface area contributed by atoms with Gasteiger partial charge in [0.25, 0.3) is 0 Å². The first-order valence-corrected chi connectivity index (χ1v) is 9.43. The summed E-state index contributed by atoms with van der Waals surface area (Å²) in [4.78, 5) is 18.8. The van der Waals surface area contributed by atoms with Crippen molar-refractivity contribution in [1.82, 2.24) is 10.3 Å². The van der Waals surface area contributed by atoms with Crippen molar-refractivity contribution in [3.63, 3.8) is 0 Å². The van der Waals surface area contributed by atoms with Crippen LogP contribution in [0.1, 0.15) is 16.1 Å². The van der Waals surface area contributed by atoms with Crippen molar-refractivity contribution in [3.05, 3.63) is 70.0 Å². The standard InChI is InChI=1S/C21H23N3OS/c1-15-23-20(14-26-15)18-9-7-16(8-10-18)12-21(25)22-13-17-5-4-6-19(11-17)24(2)3/h4-11,14H,12-13H2,1-3H3,(H,22,25).